The molecular weight excluding hydrogens is 264 g/mol. The van der Waals surface area contributed by atoms with Crippen molar-refractivity contribution in [3.8, 4) is 0 Å². The summed E-state index contributed by atoms with van der Waals surface area (Å²) < 4.78 is 0. The van der Waals surface area contributed by atoms with E-state index in [0.29, 0.717) is 12.8 Å². The second-order valence-corrected chi connectivity index (χ2v) is 4.31. The number of nitrogens with zero attached hydrogens (tertiary/aromatic N) is 1. The lowest BCUT2D eigenvalue weighted by Gasteiger charge is -2.13. The van der Waals surface area contributed by atoms with E-state index in [9.17, 15) is 19.7 Å². The fourth-order valence-corrected chi connectivity index (χ4v) is 1.67. The van der Waals surface area contributed by atoms with Gasteiger partial charge in [-0.2, -0.15) is 0 Å². The molecule has 1 unspecified atom stereocenters. The fourth-order valence-electron chi connectivity index (χ4n) is 1.67. The molecule has 0 spiro atoms. The smallest absolute Gasteiger partial charge is 0.326 e. The van der Waals surface area contributed by atoms with E-state index in [0.717, 1.165) is 12.5 Å². The summed E-state index contributed by atoms with van der Waals surface area (Å²) in [5.74, 6) is -1.74. The molecule has 7 nitrogen and oxygen atoms in total. The van der Waals surface area contributed by atoms with Crippen LogP contribution in [0.3, 0.4) is 0 Å². The van der Waals surface area contributed by atoms with Crippen LogP contribution < -0.4 is 5.32 Å². The average Bonchev–Trinajstić information content (AvgIpc) is 2.42. The molecule has 1 aromatic rings. The highest BCUT2D eigenvalue weighted by molar-refractivity contribution is 5.97. The van der Waals surface area contributed by atoms with Crippen molar-refractivity contribution in [2.24, 2.45) is 0 Å². The molecule has 1 aromatic carbocycles. The van der Waals surface area contributed by atoms with Gasteiger partial charge in [0, 0.05) is 17.7 Å². The third-order valence-corrected chi connectivity index (χ3v) is 2.77. The highest BCUT2D eigenvalue weighted by Gasteiger charge is 2.20. The van der Waals surface area contributed by atoms with Crippen molar-refractivity contribution in [1.82, 2.24) is 5.32 Å². The number of carbonyl (C=O) groups is 2. The van der Waals surface area contributed by atoms with Crippen molar-refractivity contribution < 1.29 is 19.6 Å². The van der Waals surface area contributed by atoms with Gasteiger partial charge in [-0.3, -0.25) is 14.9 Å². The SMILES string of the molecule is CCCCC(NC(=O)c1cccc([N+](=O)[O-])c1)C(=O)O. The van der Waals surface area contributed by atoms with Crippen LogP contribution in [0, 0.1) is 10.1 Å². The number of rotatable bonds is 7. The van der Waals surface area contributed by atoms with Gasteiger partial charge in [-0.05, 0) is 12.5 Å². The number of unbranched alkanes of at least 4 members (excludes halogenated alkanes) is 1. The van der Waals surface area contributed by atoms with Crippen molar-refractivity contribution in [3.05, 3.63) is 39.9 Å². The zero-order valence-electron chi connectivity index (χ0n) is 11.0. The minimum Gasteiger partial charge on any atom is -0.480 e. The van der Waals surface area contributed by atoms with Crippen LogP contribution in [0.5, 0.6) is 0 Å². The zero-order valence-corrected chi connectivity index (χ0v) is 11.0. The molecule has 0 heterocycles. The average molecular weight is 280 g/mol. The van der Waals surface area contributed by atoms with Crippen molar-refractivity contribution in [2.75, 3.05) is 0 Å². The lowest BCUT2D eigenvalue weighted by Crippen LogP contribution is -2.40. The van der Waals surface area contributed by atoms with Crippen molar-refractivity contribution in [1.29, 1.82) is 0 Å². The summed E-state index contributed by atoms with van der Waals surface area (Å²) in [6.07, 6.45) is 1.81. The van der Waals surface area contributed by atoms with Crippen molar-refractivity contribution in [3.63, 3.8) is 0 Å². The molecule has 2 N–H and O–H groups in total. The molecule has 20 heavy (non-hydrogen) atoms. The number of non-ortho nitro benzene ring substituents is 1. The summed E-state index contributed by atoms with van der Waals surface area (Å²) in [6, 6.07) is 4.19. The van der Waals surface area contributed by atoms with Crippen LogP contribution in [0.2, 0.25) is 0 Å². The maximum atomic E-state index is 11.9. The van der Waals surface area contributed by atoms with E-state index in [1.807, 2.05) is 6.92 Å². The van der Waals surface area contributed by atoms with Crippen molar-refractivity contribution >= 4 is 17.6 Å². The maximum absolute atomic E-state index is 11.9. The van der Waals surface area contributed by atoms with Gasteiger partial charge in [0.15, 0.2) is 0 Å². The Morgan fingerprint density at radius 2 is 2.15 bits per heavy atom. The standard InChI is InChI=1S/C13H16N2O5/c1-2-3-7-11(13(17)18)14-12(16)9-5-4-6-10(8-9)15(19)20/h4-6,8,11H,2-3,7H2,1H3,(H,14,16)(H,17,18). The van der Waals surface area contributed by atoms with E-state index in [1.54, 1.807) is 0 Å². The quantitative estimate of drug-likeness (QED) is 0.586. The molecule has 1 atom stereocenters. The lowest BCUT2D eigenvalue weighted by atomic mass is 10.1. The molecule has 0 radical (unpaired) electrons. The van der Waals surface area contributed by atoms with Crippen LogP contribution >= 0.6 is 0 Å². The summed E-state index contributed by atoms with van der Waals surface area (Å²) in [5, 5.41) is 22.0. The minimum atomic E-state index is -1.11. The van der Waals surface area contributed by atoms with Gasteiger partial charge in [0.1, 0.15) is 6.04 Å². The summed E-state index contributed by atoms with van der Waals surface area (Å²) in [6.45, 7) is 1.92. The topological polar surface area (TPSA) is 110 Å². The first kappa shape index (κ1) is 15.6. The predicted octanol–water partition coefficient (Wildman–Crippen LogP) is 1.97. The van der Waals surface area contributed by atoms with Gasteiger partial charge in [-0.25, -0.2) is 4.79 Å². The molecular formula is C13H16N2O5. The summed E-state index contributed by atoms with van der Waals surface area (Å²) in [5.41, 5.74) is -0.139. The highest BCUT2D eigenvalue weighted by Crippen LogP contribution is 2.13. The number of nitrogens with one attached hydrogen (secondary N) is 1. The van der Waals surface area contributed by atoms with Crippen LogP contribution in [-0.2, 0) is 4.79 Å². The Bertz CT molecular complexity index is 515. The van der Waals surface area contributed by atoms with E-state index in [2.05, 4.69) is 5.32 Å². The van der Waals surface area contributed by atoms with Gasteiger partial charge < -0.3 is 10.4 Å². The summed E-state index contributed by atoms with van der Waals surface area (Å²) >= 11 is 0. The van der Waals surface area contributed by atoms with Gasteiger partial charge in [-0.15, -0.1) is 0 Å². The van der Waals surface area contributed by atoms with E-state index < -0.39 is 22.8 Å². The van der Waals surface area contributed by atoms with Gasteiger partial charge in [0.05, 0.1) is 4.92 Å². The lowest BCUT2D eigenvalue weighted by molar-refractivity contribution is -0.384. The largest absolute Gasteiger partial charge is 0.480 e. The van der Waals surface area contributed by atoms with Crippen LogP contribution in [0.1, 0.15) is 36.5 Å². The Balaban J connectivity index is 2.80. The monoisotopic (exact) mass is 280 g/mol. The Kier molecular flexibility index (Phi) is 5.64. The molecule has 0 saturated carbocycles. The Morgan fingerprint density at radius 1 is 1.45 bits per heavy atom. The second kappa shape index (κ2) is 7.22. The van der Waals surface area contributed by atoms with Gasteiger partial charge >= 0.3 is 5.97 Å². The zero-order chi connectivity index (χ0) is 15.1. The molecule has 0 aliphatic rings. The molecule has 0 aromatic heterocycles. The highest BCUT2D eigenvalue weighted by atomic mass is 16.6. The van der Waals surface area contributed by atoms with Crippen LogP contribution in [0.15, 0.2) is 24.3 Å². The maximum Gasteiger partial charge on any atom is 0.326 e. The Labute approximate surface area is 115 Å². The van der Waals surface area contributed by atoms with E-state index in [4.69, 9.17) is 5.11 Å². The summed E-state index contributed by atoms with van der Waals surface area (Å²) in [4.78, 5) is 32.9. The van der Waals surface area contributed by atoms with Gasteiger partial charge in [0.25, 0.3) is 11.6 Å². The van der Waals surface area contributed by atoms with Crippen LogP contribution in [-0.4, -0.2) is 27.9 Å². The third kappa shape index (κ3) is 4.34. The number of benzene rings is 1. The van der Waals surface area contributed by atoms with E-state index in [1.165, 1.54) is 18.2 Å². The molecule has 0 aliphatic heterocycles. The van der Waals surface area contributed by atoms with Gasteiger partial charge in [0.2, 0.25) is 0 Å². The van der Waals surface area contributed by atoms with Crippen LogP contribution in [0.4, 0.5) is 5.69 Å². The number of nitro benzene ring substituents is 1. The summed E-state index contributed by atoms with van der Waals surface area (Å²) in [7, 11) is 0. The number of carboxylic acids is 1. The number of nitro groups is 1. The normalized spacial score (nSPS) is 11.7. The number of hydrogen-bond acceptors (Lipinski definition) is 4. The number of carboxylic acid groups (broad SMARTS) is 1. The van der Waals surface area contributed by atoms with Crippen LogP contribution in [0.25, 0.3) is 0 Å². The fraction of sp³-hybridized carbons (Fsp3) is 0.385. The van der Waals surface area contributed by atoms with Gasteiger partial charge in [-0.1, -0.05) is 25.8 Å². The van der Waals surface area contributed by atoms with E-state index >= 15 is 0 Å². The Hall–Kier alpha value is -2.44. The van der Waals surface area contributed by atoms with Crippen molar-refractivity contribution in [2.45, 2.75) is 32.2 Å². The molecule has 108 valence electrons. The Morgan fingerprint density at radius 3 is 2.70 bits per heavy atom. The van der Waals surface area contributed by atoms with E-state index in [-0.39, 0.29) is 11.3 Å². The molecule has 0 aliphatic carbocycles. The number of aliphatic carboxylic acids is 1. The predicted molar refractivity (Wildman–Crippen MR) is 71.5 cm³/mol. The molecule has 1 rings (SSSR count). The molecule has 7 heteroatoms. The molecule has 0 saturated heterocycles. The second-order valence-electron chi connectivity index (χ2n) is 4.31. The minimum absolute atomic E-state index is 0.0712. The number of carbonyl (C=O) groups excluding carboxylic acids is 1. The number of amides is 1. The first-order valence-electron chi connectivity index (χ1n) is 6.23. The first-order chi connectivity index (χ1) is 9.45. The third-order valence-electron chi connectivity index (χ3n) is 2.77. The molecule has 0 bridgehead atoms. The molecule has 0 fully saturated rings. The number of hydrogen-bond donors (Lipinski definition) is 2. The first-order valence-corrected chi connectivity index (χ1v) is 6.23. The molecule has 1 amide bonds.